The Bertz CT molecular complexity index is 647. The van der Waals surface area contributed by atoms with Crippen molar-refractivity contribution >= 4 is 34.1 Å². The molecule has 20 heavy (non-hydrogen) atoms. The lowest BCUT2D eigenvalue weighted by Crippen LogP contribution is -2.19. The van der Waals surface area contributed by atoms with Gasteiger partial charge in [-0.25, -0.2) is 9.78 Å². The summed E-state index contributed by atoms with van der Waals surface area (Å²) in [7, 11) is 0. The summed E-state index contributed by atoms with van der Waals surface area (Å²) in [6.45, 7) is 3.83. The fourth-order valence-corrected chi connectivity index (χ4v) is 2.39. The highest BCUT2D eigenvalue weighted by atomic mass is 32.1. The lowest BCUT2D eigenvalue weighted by Gasteiger charge is -2.05. The SMILES string of the molecule is Cc1nc(NC(=O)c2cccc(NC(N)=O)c2)sc1C. The Hall–Kier alpha value is -2.41. The first kappa shape index (κ1) is 14.0. The maximum Gasteiger partial charge on any atom is 0.316 e. The van der Waals surface area contributed by atoms with E-state index >= 15 is 0 Å². The normalized spacial score (nSPS) is 10.1. The van der Waals surface area contributed by atoms with Crippen LogP contribution in [0.25, 0.3) is 0 Å². The zero-order valence-electron chi connectivity index (χ0n) is 11.1. The van der Waals surface area contributed by atoms with Crippen LogP contribution in [0.15, 0.2) is 24.3 Å². The smallest absolute Gasteiger partial charge is 0.316 e. The molecule has 0 aliphatic carbocycles. The second-order valence-corrected chi connectivity index (χ2v) is 5.39. The van der Waals surface area contributed by atoms with E-state index in [1.54, 1.807) is 24.3 Å². The van der Waals surface area contributed by atoms with Crippen LogP contribution in [0.1, 0.15) is 20.9 Å². The van der Waals surface area contributed by atoms with Crippen LogP contribution in [0.2, 0.25) is 0 Å². The van der Waals surface area contributed by atoms with Crippen LogP contribution in [0.4, 0.5) is 15.6 Å². The molecule has 2 rings (SSSR count). The first-order valence-corrected chi connectivity index (χ1v) is 6.69. The maximum absolute atomic E-state index is 12.1. The van der Waals surface area contributed by atoms with Crippen LogP contribution in [0.5, 0.6) is 0 Å². The van der Waals surface area contributed by atoms with Gasteiger partial charge in [0.1, 0.15) is 0 Å². The van der Waals surface area contributed by atoms with Crippen molar-refractivity contribution in [2.75, 3.05) is 10.6 Å². The third-order valence-electron chi connectivity index (χ3n) is 2.64. The van der Waals surface area contributed by atoms with E-state index in [1.807, 2.05) is 13.8 Å². The van der Waals surface area contributed by atoms with Crippen LogP contribution in [0.3, 0.4) is 0 Å². The van der Waals surface area contributed by atoms with E-state index in [4.69, 9.17) is 5.73 Å². The highest BCUT2D eigenvalue weighted by Crippen LogP contribution is 2.22. The van der Waals surface area contributed by atoms with E-state index in [0.29, 0.717) is 16.4 Å². The Kier molecular flexibility index (Phi) is 3.99. The van der Waals surface area contributed by atoms with Gasteiger partial charge < -0.3 is 11.1 Å². The predicted molar refractivity (Wildman–Crippen MR) is 79.2 cm³/mol. The minimum Gasteiger partial charge on any atom is -0.351 e. The molecule has 0 atom stereocenters. The van der Waals surface area contributed by atoms with Crippen molar-refractivity contribution in [2.45, 2.75) is 13.8 Å². The molecule has 0 aliphatic rings. The Morgan fingerprint density at radius 3 is 2.60 bits per heavy atom. The number of primary amides is 1. The van der Waals surface area contributed by atoms with Gasteiger partial charge in [0, 0.05) is 16.1 Å². The molecule has 2 aromatic rings. The van der Waals surface area contributed by atoms with Gasteiger partial charge in [-0.2, -0.15) is 0 Å². The van der Waals surface area contributed by atoms with Crippen molar-refractivity contribution in [2.24, 2.45) is 5.73 Å². The van der Waals surface area contributed by atoms with Gasteiger partial charge in [-0.1, -0.05) is 6.07 Å². The van der Waals surface area contributed by atoms with Gasteiger partial charge in [0.2, 0.25) is 0 Å². The molecule has 0 aliphatic heterocycles. The van der Waals surface area contributed by atoms with Crippen molar-refractivity contribution in [1.82, 2.24) is 4.98 Å². The molecule has 0 bridgehead atoms. The van der Waals surface area contributed by atoms with Crippen LogP contribution in [-0.2, 0) is 0 Å². The van der Waals surface area contributed by atoms with E-state index in [1.165, 1.54) is 11.3 Å². The third-order valence-corrected chi connectivity index (χ3v) is 3.63. The molecule has 1 aromatic heterocycles. The van der Waals surface area contributed by atoms with Crippen LogP contribution >= 0.6 is 11.3 Å². The van der Waals surface area contributed by atoms with Crippen LogP contribution in [-0.4, -0.2) is 16.9 Å². The molecule has 0 radical (unpaired) electrons. The predicted octanol–water partition coefficient (Wildman–Crippen LogP) is 2.50. The summed E-state index contributed by atoms with van der Waals surface area (Å²) in [5, 5.41) is 5.70. The van der Waals surface area contributed by atoms with Crippen molar-refractivity contribution in [3.05, 3.63) is 40.4 Å². The Morgan fingerprint density at radius 1 is 1.25 bits per heavy atom. The molecule has 6 nitrogen and oxygen atoms in total. The number of hydrogen-bond acceptors (Lipinski definition) is 4. The number of carbonyl (C=O) groups is 2. The number of nitrogens with one attached hydrogen (secondary N) is 2. The summed E-state index contributed by atoms with van der Waals surface area (Å²) in [6.07, 6.45) is 0. The highest BCUT2D eigenvalue weighted by Gasteiger charge is 2.10. The van der Waals surface area contributed by atoms with Crippen LogP contribution in [0, 0.1) is 13.8 Å². The van der Waals surface area contributed by atoms with E-state index in [2.05, 4.69) is 15.6 Å². The molecule has 0 saturated heterocycles. The molecule has 104 valence electrons. The number of amides is 3. The van der Waals surface area contributed by atoms with Gasteiger partial charge in [-0.15, -0.1) is 11.3 Å². The van der Waals surface area contributed by atoms with E-state index < -0.39 is 6.03 Å². The number of nitrogens with two attached hydrogens (primary N) is 1. The molecular weight excluding hydrogens is 276 g/mol. The first-order chi connectivity index (χ1) is 9.45. The summed E-state index contributed by atoms with van der Waals surface area (Å²) >= 11 is 1.42. The number of rotatable bonds is 3. The van der Waals surface area contributed by atoms with Crippen molar-refractivity contribution < 1.29 is 9.59 Å². The molecule has 4 N–H and O–H groups in total. The molecule has 0 fully saturated rings. The lowest BCUT2D eigenvalue weighted by molar-refractivity contribution is 0.102. The molecule has 0 spiro atoms. The number of benzene rings is 1. The van der Waals surface area contributed by atoms with Gasteiger partial charge in [0.05, 0.1) is 5.69 Å². The summed E-state index contributed by atoms with van der Waals surface area (Å²) in [5.41, 5.74) is 6.82. The topological polar surface area (TPSA) is 97.1 Å². The summed E-state index contributed by atoms with van der Waals surface area (Å²) in [5.74, 6) is -0.285. The van der Waals surface area contributed by atoms with Crippen molar-refractivity contribution in [3.8, 4) is 0 Å². The number of carbonyl (C=O) groups excluding carboxylic acids is 2. The molecular formula is C13H14N4O2S. The Balaban J connectivity index is 2.14. The quantitative estimate of drug-likeness (QED) is 0.810. The number of anilines is 2. The van der Waals surface area contributed by atoms with Gasteiger partial charge in [0.15, 0.2) is 5.13 Å². The average molecular weight is 290 g/mol. The molecule has 1 heterocycles. The van der Waals surface area contributed by atoms with Gasteiger partial charge >= 0.3 is 6.03 Å². The standard InChI is InChI=1S/C13H14N4O2S/c1-7-8(2)20-13(15-7)17-11(18)9-4-3-5-10(6-9)16-12(14)19/h3-6H,1-2H3,(H3,14,16,19)(H,15,17,18). The fraction of sp³-hybridized carbons (Fsp3) is 0.154. The van der Waals surface area contributed by atoms with Crippen molar-refractivity contribution in [3.63, 3.8) is 0 Å². The minimum atomic E-state index is -0.672. The zero-order chi connectivity index (χ0) is 14.7. The Morgan fingerprint density at radius 2 is 2.00 bits per heavy atom. The molecule has 0 saturated carbocycles. The second-order valence-electron chi connectivity index (χ2n) is 4.18. The zero-order valence-corrected chi connectivity index (χ0v) is 11.9. The summed E-state index contributed by atoms with van der Waals surface area (Å²) in [6, 6.07) is 5.84. The fourth-order valence-electron chi connectivity index (χ4n) is 1.58. The number of aromatic nitrogens is 1. The number of thiazole rings is 1. The largest absolute Gasteiger partial charge is 0.351 e. The van der Waals surface area contributed by atoms with E-state index in [9.17, 15) is 9.59 Å². The highest BCUT2D eigenvalue weighted by molar-refractivity contribution is 7.15. The van der Waals surface area contributed by atoms with Crippen molar-refractivity contribution in [1.29, 1.82) is 0 Å². The molecule has 3 amide bonds. The summed E-state index contributed by atoms with van der Waals surface area (Å²) in [4.78, 5) is 28.2. The first-order valence-electron chi connectivity index (χ1n) is 5.87. The number of nitrogens with zero attached hydrogens (tertiary/aromatic N) is 1. The molecule has 0 unspecified atom stereocenters. The average Bonchev–Trinajstić information content (AvgIpc) is 2.67. The maximum atomic E-state index is 12.1. The summed E-state index contributed by atoms with van der Waals surface area (Å²) < 4.78 is 0. The van der Waals surface area contributed by atoms with E-state index in [-0.39, 0.29) is 5.91 Å². The number of urea groups is 1. The van der Waals surface area contributed by atoms with Gasteiger partial charge in [-0.3, -0.25) is 10.1 Å². The van der Waals surface area contributed by atoms with Gasteiger partial charge in [-0.05, 0) is 32.0 Å². The molecule has 7 heteroatoms. The minimum absolute atomic E-state index is 0.285. The third kappa shape index (κ3) is 3.33. The monoisotopic (exact) mass is 290 g/mol. The number of hydrogen-bond donors (Lipinski definition) is 3. The lowest BCUT2D eigenvalue weighted by atomic mass is 10.2. The van der Waals surface area contributed by atoms with Gasteiger partial charge in [0.25, 0.3) is 5.91 Å². The molecule has 1 aromatic carbocycles. The Labute approximate surface area is 120 Å². The van der Waals surface area contributed by atoms with Crippen LogP contribution < -0.4 is 16.4 Å². The van der Waals surface area contributed by atoms with E-state index in [0.717, 1.165) is 10.6 Å². The number of aryl methyl sites for hydroxylation is 2. The second kappa shape index (κ2) is 5.70.